The number of aryl methyl sites for hydroxylation is 2. The Kier molecular flexibility index (Phi) is 7.34. The van der Waals surface area contributed by atoms with Gasteiger partial charge in [-0.2, -0.15) is 5.26 Å². The molecule has 1 atom stereocenters. The third-order valence-corrected chi connectivity index (χ3v) is 7.35. The van der Waals surface area contributed by atoms with Gasteiger partial charge in [-0.25, -0.2) is 0 Å². The third kappa shape index (κ3) is 5.49. The first-order valence-corrected chi connectivity index (χ1v) is 13.2. The lowest BCUT2D eigenvalue weighted by atomic mass is 9.85. The van der Waals surface area contributed by atoms with E-state index in [9.17, 15) is 14.9 Å². The van der Waals surface area contributed by atoms with Crippen LogP contribution in [0.3, 0.4) is 0 Å². The smallest absolute Gasteiger partial charge is 0.254 e. The van der Waals surface area contributed by atoms with Crippen LogP contribution in [-0.2, 0) is 9.59 Å². The van der Waals surface area contributed by atoms with Gasteiger partial charge in [-0.05, 0) is 56.7 Å². The number of nitriles is 1. The molecule has 3 N–H and O–H groups in total. The molecule has 198 valence electrons. The molecule has 10 heteroatoms. The van der Waals surface area contributed by atoms with Crippen LogP contribution in [0.15, 0.2) is 80.9 Å². The van der Waals surface area contributed by atoms with Crippen molar-refractivity contribution in [3.63, 3.8) is 0 Å². The van der Waals surface area contributed by atoms with Crippen LogP contribution in [0, 0.1) is 25.2 Å². The molecule has 0 aliphatic carbocycles. The number of dihydropyridines is 1. The van der Waals surface area contributed by atoms with Gasteiger partial charge in [0.2, 0.25) is 12.7 Å². The second kappa shape index (κ2) is 11.0. The van der Waals surface area contributed by atoms with Gasteiger partial charge in [-0.15, -0.1) is 0 Å². The minimum absolute atomic E-state index is 0.0316. The van der Waals surface area contributed by atoms with Crippen molar-refractivity contribution in [3.8, 4) is 17.6 Å². The molecule has 39 heavy (non-hydrogen) atoms. The highest BCUT2D eigenvalue weighted by Gasteiger charge is 2.37. The van der Waals surface area contributed by atoms with E-state index in [2.05, 4.69) is 22.0 Å². The number of benzene rings is 2. The molecule has 0 bridgehead atoms. The summed E-state index contributed by atoms with van der Waals surface area (Å²) >= 11 is 1.18. The van der Waals surface area contributed by atoms with Gasteiger partial charge in [-0.1, -0.05) is 30.0 Å². The highest BCUT2D eigenvalue weighted by Crippen LogP contribution is 2.42. The van der Waals surface area contributed by atoms with Gasteiger partial charge in [0.1, 0.15) is 11.5 Å². The summed E-state index contributed by atoms with van der Waals surface area (Å²) in [5.74, 6) is 1.01. The van der Waals surface area contributed by atoms with E-state index in [4.69, 9.17) is 13.9 Å². The van der Waals surface area contributed by atoms with E-state index < -0.39 is 5.92 Å². The van der Waals surface area contributed by atoms with Crippen molar-refractivity contribution in [2.45, 2.75) is 26.7 Å². The van der Waals surface area contributed by atoms with Gasteiger partial charge >= 0.3 is 0 Å². The predicted octanol–water partition coefficient (Wildman–Crippen LogP) is 5.33. The van der Waals surface area contributed by atoms with Crippen molar-refractivity contribution in [3.05, 3.63) is 93.6 Å². The molecule has 2 aromatic carbocycles. The van der Waals surface area contributed by atoms with Crippen LogP contribution >= 0.6 is 11.8 Å². The number of rotatable bonds is 7. The molecule has 5 rings (SSSR count). The summed E-state index contributed by atoms with van der Waals surface area (Å²) in [6.45, 7) is 5.64. The zero-order valence-electron chi connectivity index (χ0n) is 21.6. The Hall–Kier alpha value is -4.62. The molecule has 2 aliphatic rings. The lowest BCUT2D eigenvalue weighted by molar-refractivity contribution is -0.114. The van der Waals surface area contributed by atoms with Gasteiger partial charge in [0.25, 0.3) is 5.91 Å². The number of hydrogen-bond donors (Lipinski definition) is 3. The minimum Gasteiger partial charge on any atom is -0.465 e. The van der Waals surface area contributed by atoms with Crippen molar-refractivity contribution in [2.24, 2.45) is 0 Å². The number of furan rings is 1. The Morgan fingerprint density at radius 1 is 1.05 bits per heavy atom. The van der Waals surface area contributed by atoms with Crippen molar-refractivity contribution in [1.82, 2.24) is 5.32 Å². The lowest BCUT2D eigenvalue weighted by Crippen LogP contribution is -2.31. The van der Waals surface area contributed by atoms with Crippen molar-refractivity contribution >= 4 is 35.0 Å². The van der Waals surface area contributed by atoms with Crippen molar-refractivity contribution < 1.29 is 23.5 Å². The standard InChI is InChI=1S/C29H26N4O5S/c1-16-6-4-5-7-21(16)33-28(35)26-18(3)31-29(20(13-30)27(26)23-10-8-17(2)38-23)39-14-25(34)32-19-9-11-22-24(12-19)37-15-36-22/h4-12,27,31H,14-15H2,1-3H3,(H,32,34)(H,33,35). The molecule has 9 nitrogen and oxygen atoms in total. The minimum atomic E-state index is -0.742. The number of thioether (sulfide) groups is 1. The zero-order valence-corrected chi connectivity index (χ0v) is 22.4. The van der Waals surface area contributed by atoms with Gasteiger partial charge in [-0.3, -0.25) is 9.59 Å². The van der Waals surface area contributed by atoms with E-state index in [0.29, 0.717) is 56.3 Å². The Bertz CT molecular complexity index is 1570. The maximum absolute atomic E-state index is 13.6. The Morgan fingerprint density at radius 2 is 1.85 bits per heavy atom. The summed E-state index contributed by atoms with van der Waals surface area (Å²) < 4.78 is 16.6. The molecule has 0 saturated heterocycles. The molecule has 0 saturated carbocycles. The number of para-hydroxylation sites is 1. The van der Waals surface area contributed by atoms with E-state index in [1.54, 1.807) is 44.2 Å². The summed E-state index contributed by atoms with van der Waals surface area (Å²) in [7, 11) is 0. The Morgan fingerprint density at radius 3 is 2.59 bits per heavy atom. The molecule has 0 spiro atoms. The first-order chi connectivity index (χ1) is 18.8. The SMILES string of the molecule is CC1=C(C(=O)Nc2ccccc2C)C(c2ccc(C)o2)C(C#N)=C(SCC(=O)Nc2ccc3c(c2)OCO3)N1. The Labute approximate surface area is 229 Å². The molecule has 0 fully saturated rings. The molecule has 2 aliphatic heterocycles. The number of anilines is 2. The van der Waals surface area contributed by atoms with Crippen LogP contribution in [0.4, 0.5) is 11.4 Å². The maximum atomic E-state index is 13.6. The Balaban J connectivity index is 1.38. The molecule has 1 aromatic heterocycles. The quantitative estimate of drug-likeness (QED) is 0.366. The van der Waals surface area contributed by atoms with Crippen molar-refractivity contribution in [1.29, 1.82) is 5.26 Å². The molecule has 2 amide bonds. The van der Waals surface area contributed by atoms with Crippen molar-refractivity contribution in [2.75, 3.05) is 23.2 Å². The fourth-order valence-electron chi connectivity index (χ4n) is 4.43. The fraction of sp³-hybridized carbons (Fsp3) is 0.207. The number of carbonyl (C=O) groups excluding carboxylic acids is 2. The number of carbonyl (C=O) groups is 2. The summed E-state index contributed by atoms with van der Waals surface area (Å²) in [5, 5.41) is 19.7. The molecule has 3 aromatic rings. The number of nitrogens with zero attached hydrogens (tertiary/aromatic N) is 1. The summed E-state index contributed by atoms with van der Waals surface area (Å²) in [4.78, 5) is 26.3. The molecular weight excluding hydrogens is 516 g/mol. The molecule has 1 unspecified atom stereocenters. The number of nitrogens with one attached hydrogen (secondary N) is 3. The van der Waals surface area contributed by atoms with E-state index in [0.717, 1.165) is 5.56 Å². The number of allylic oxidation sites excluding steroid dienone is 2. The zero-order chi connectivity index (χ0) is 27.5. The summed E-state index contributed by atoms with van der Waals surface area (Å²) in [6.07, 6.45) is 0. The first kappa shape index (κ1) is 26.0. The number of amides is 2. The lowest BCUT2D eigenvalue weighted by Gasteiger charge is -2.28. The van der Waals surface area contributed by atoms with E-state index in [-0.39, 0.29) is 24.4 Å². The van der Waals surface area contributed by atoms with Crippen LogP contribution in [0.5, 0.6) is 11.5 Å². The number of hydrogen-bond acceptors (Lipinski definition) is 8. The monoisotopic (exact) mass is 542 g/mol. The van der Waals surface area contributed by atoms with Crippen LogP contribution in [0.25, 0.3) is 0 Å². The van der Waals surface area contributed by atoms with Gasteiger partial charge in [0.05, 0.1) is 33.9 Å². The summed E-state index contributed by atoms with van der Waals surface area (Å²) in [5.41, 5.74) is 3.41. The number of fused-ring (bicyclic) bond motifs is 1. The van der Waals surface area contributed by atoms with Crippen LogP contribution in [0.1, 0.15) is 29.9 Å². The van der Waals surface area contributed by atoms with Gasteiger partial charge in [0.15, 0.2) is 11.5 Å². The maximum Gasteiger partial charge on any atom is 0.254 e. The molecule has 0 radical (unpaired) electrons. The van der Waals surface area contributed by atoms with Crippen LogP contribution < -0.4 is 25.4 Å². The predicted molar refractivity (Wildman–Crippen MR) is 148 cm³/mol. The second-order valence-electron chi connectivity index (χ2n) is 9.07. The second-order valence-corrected chi connectivity index (χ2v) is 10.1. The summed E-state index contributed by atoms with van der Waals surface area (Å²) in [6, 6.07) is 18.5. The molecular formula is C29H26N4O5S. The first-order valence-electron chi connectivity index (χ1n) is 12.2. The molecule has 3 heterocycles. The van der Waals surface area contributed by atoms with E-state index >= 15 is 0 Å². The van der Waals surface area contributed by atoms with Gasteiger partial charge in [0, 0.05) is 23.1 Å². The normalized spacial score (nSPS) is 16.0. The average Bonchev–Trinajstić information content (AvgIpc) is 3.56. The largest absolute Gasteiger partial charge is 0.465 e. The third-order valence-electron chi connectivity index (χ3n) is 6.33. The highest BCUT2D eigenvalue weighted by molar-refractivity contribution is 8.03. The average molecular weight is 543 g/mol. The highest BCUT2D eigenvalue weighted by atomic mass is 32.2. The van der Waals surface area contributed by atoms with E-state index in [1.165, 1.54) is 11.8 Å². The fourth-order valence-corrected chi connectivity index (χ4v) is 5.32. The van der Waals surface area contributed by atoms with Gasteiger partial charge < -0.3 is 29.8 Å². The van der Waals surface area contributed by atoms with E-state index in [1.807, 2.05) is 31.2 Å². The topological polar surface area (TPSA) is 126 Å². The van der Waals surface area contributed by atoms with Crippen LogP contribution in [-0.4, -0.2) is 24.4 Å². The number of ether oxygens (including phenoxy) is 2. The van der Waals surface area contributed by atoms with Crippen LogP contribution in [0.2, 0.25) is 0 Å².